The fourth-order valence-corrected chi connectivity index (χ4v) is 2.91. The van der Waals surface area contributed by atoms with E-state index in [1.165, 1.54) is 6.42 Å². The van der Waals surface area contributed by atoms with E-state index >= 15 is 0 Å². The van der Waals surface area contributed by atoms with E-state index in [1.54, 1.807) is 30.3 Å². The van der Waals surface area contributed by atoms with Crippen LogP contribution in [0, 0.1) is 17.2 Å². The van der Waals surface area contributed by atoms with Crippen LogP contribution in [0.4, 0.5) is 0 Å². The van der Waals surface area contributed by atoms with Gasteiger partial charge in [-0.3, -0.25) is 9.59 Å². The lowest BCUT2D eigenvalue weighted by Gasteiger charge is -2.29. The Balaban J connectivity index is 2.02. The molecule has 25 heavy (non-hydrogen) atoms. The molecule has 3 N–H and O–H groups in total. The van der Waals surface area contributed by atoms with E-state index in [0.717, 1.165) is 19.3 Å². The first-order valence-corrected chi connectivity index (χ1v) is 8.43. The van der Waals surface area contributed by atoms with E-state index in [-0.39, 0.29) is 24.1 Å². The molecule has 0 radical (unpaired) electrons. The summed E-state index contributed by atoms with van der Waals surface area (Å²) >= 11 is 0. The summed E-state index contributed by atoms with van der Waals surface area (Å²) in [4.78, 5) is 23.1. The van der Waals surface area contributed by atoms with Crippen LogP contribution in [0.5, 0.6) is 5.75 Å². The van der Waals surface area contributed by atoms with Gasteiger partial charge in [-0.1, -0.05) is 31.9 Å². The third-order valence-corrected chi connectivity index (χ3v) is 4.37. The van der Waals surface area contributed by atoms with Gasteiger partial charge in [0.05, 0.1) is 0 Å². The molecule has 6 nitrogen and oxygen atoms in total. The molecule has 2 amide bonds. The molecule has 2 rings (SSSR count). The minimum absolute atomic E-state index is 0.0728. The first kappa shape index (κ1) is 18.5. The number of amides is 2. The van der Waals surface area contributed by atoms with Crippen molar-refractivity contribution >= 4 is 17.9 Å². The summed E-state index contributed by atoms with van der Waals surface area (Å²) in [5, 5.41) is 12.3. The molecule has 2 atom stereocenters. The molecular weight excluding hydrogens is 318 g/mol. The number of nitriles is 1. The predicted molar refractivity (Wildman–Crippen MR) is 94.3 cm³/mol. The second-order valence-electron chi connectivity index (χ2n) is 6.34. The maximum Gasteiger partial charge on any atom is 0.262 e. The molecule has 1 aliphatic rings. The van der Waals surface area contributed by atoms with Gasteiger partial charge in [0.25, 0.3) is 11.8 Å². The molecule has 0 saturated heterocycles. The Hall–Kier alpha value is -2.81. The van der Waals surface area contributed by atoms with Gasteiger partial charge in [-0.05, 0) is 42.5 Å². The fourth-order valence-electron chi connectivity index (χ4n) is 2.91. The molecule has 6 heteroatoms. The lowest BCUT2D eigenvalue weighted by atomic mass is 9.86. The van der Waals surface area contributed by atoms with Crippen LogP contribution in [0.2, 0.25) is 0 Å². The Kier molecular flexibility index (Phi) is 6.58. The van der Waals surface area contributed by atoms with Crippen LogP contribution in [-0.2, 0) is 9.59 Å². The van der Waals surface area contributed by atoms with Gasteiger partial charge < -0.3 is 15.8 Å². The van der Waals surface area contributed by atoms with Crippen molar-refractivity contribution < 1.29 is 14.3 Å². The first-order valence-electron chi connectivity index (χ1n) is 8.43. The van der Waals surface area contributed by atoms with Crippen molar-refractivity contribution in [3.8, 4) is 11.8 Å². The molecule has 1 saturated carbocycles. The van der Waals surface area contributed by atoms with Gasteiger partial charge in [0, 0.05) is 6.04 Å². The molecule has 0 bridgehead atoms. The molecule has 1 fully saturated rings. The number of nitrogens with zero attached hydrogens (tertiary/aromatic N) is 1. The van der Waals surface area contributed by atoms with Crippen molar-refractivity contribution in [2.75, 3.05) is 6.61 Å². The third kappa shape index (κ3) is 5.64. The third-order valence-electron chi connectivity index (χ3n) is 4.37. The Morgan fingerprint density at radius 1 is 1.32 bits per heavy atom. The zero-order valence-electron chi connectivity index (χ0n) is 14.3. The Morgan fingerprint density at radius 3 is 2.60 bits per heavy atom. The Morgan fingerprint density at radius 2 is 2.00 bits per heavy atom. The summed E-state index contributed by atoms with van der Waals surface area (Å²) in [5.41, 5.74) is 5.80. The summed E-state index contributed by atoms with van der Waals surface area (Å²) in [7, 11) is 0. The lowest BCUT2D eigenvalue weighted by Crippen LogP contribution is -2.41. The maximum atomic E-state index is 12.4. The minimum Gasteiger partial charge on any atom is -0.484 e. The average molecular weight is 341 g/mol. The summed E-state index contributed by atoms with van der Waals surface area (Å²) in [6.07, 6.45) is 5.90. The van der Waals surface area contributed by atoms with Gasteiger partial charge in [0.2, 0.25) is 0 Å². The monoisotopic (exact) mass is 341 g/mol. The normalized spacial score (nSPS) is 20.4. The quantitative estimate of drug-likeness (QED) is 0.611. The number of primary amides is 1. The summed E-state index contributed by atoms with van der Waals surface area (Å²) in [6, 6.07) is 8.83. The number of hydrogen-bond donors (Lipinski definition) is 2. The van der Waals surface area contributed by atoms with Crippen LogP contribution in [0.25, 0.3) is 6.08 Å². The molecule has 0 aromatic heterocycles. The number of carbonyl (C=O) groups is 2. The number of rotatable bonds is 6. The van der Waals surface area contributed by atoms with Crippen molar-refractivity contribution in [2.45, 2.75) is 38.6 Å². The highest BCUT2D eigenvalue weighted by atomic mass is 16.5. The predicted octanol–water partition coefficient (Wildman–Crippen LogP) is 2.15. The summed E-state index contributed by atoms with van der Waals surface area (Å²) < 4.78 is 5.17. The number of benzene rings is 1. The van der Waals surface area contributed by atoms with Crippen LogP contribution < -0.4 is 15.8 Å². The molecular formula is C19H23N3O3. The second kappa shape index (κ2) is 8.88. The second-order valence-corrected chi connectivity index (χ2v) is 6.34. The Labute approximate surface area is 147 Å². The van der Waals surface area contributed by atoms with E-state index in [4.69, 9.17) is 10.5 Å². The van der Waals surface area contributed by atoms with Gasteiger partial charge >= 0.3 is 0 Å². The van der Waals surface area contributed by atoms with Crippen molar-refractivity contribution in [1.82, 2.24) is 5.32 Å². The number of nitrogens with two attached hydrogens (primary N) is 1. The van der Waals surface area contributed by atoms with Crippen LogP contribution in [0.3, 0.4) is 0 Å². The number of nitrogens with one attached hydrogen (secondary N) is 1. The highest BCUT2D eigenvalue weighted by Gasteiger charge is 2.23. The smallest absolute Gasteiger partial charge is 0.262 e. The topological polar surface area (TPSA) is 105 Å². The molecule has 1 aromatic carbocycles. The SMILES string of the molecule is C[C@H]1CCCC[C@@H]1NC(=O)/C(C#N)=C/c1ccc(OCC(N)=O)cc1. The van der Waals surface area contributed by atoms with E-state index in [9.17, 15) is 14.9 Å². The van der Waals surface area contributed by atoms with E-state index < -0.39 is 5.91 Å². The van der Waals surface area contributed by atoms with Gasteiger partial charge in [-0.2, -0.15) is 5.26 Å². The Bertz CT molecular complexity index is 689. The minimum atomic E-state index is -0.552. The molecule has 0 unspecified atom stereocenters. The summed E-state index contributed by atoms with van der Waals surface area (Å²) in [5.74, 6) is 0.0360. The molecule has 1 aromatic rings. The van der Waals surface area contributed by atoms with Gasteiger partial charge in [0.1, 0.15) is 17.4 Å². The fraction of sp³-hybridized carbons (Fsp3) is 0.421. The van der Waals surface area contributed by atoms with Crippen molar-refractivity contribution in [3.63, 3.8) is 0 Å². The molecule has 0 heterocycles. The molecule has 1 aliphatic carbocycles. The van der Waals surface area contributed by atoms with Crippen LogP contribution in [-0.4, -0.2) is 24.5 Å². The first-order chi connectivity index (χ1) is 12.0. The van der Waals surface area contributed by atoms with Crippen molar-refractivity contribution in [2.24, 2.45) is 11.7 Å². The van der Waals surface area contributed by atoms with Gasteiger partial charge in [-0.25, -0.2) is 0 Å². The van der Waals surface area contributed by atoms with Crippen molar-refractivity contribution in [1.29, 1.82) is 5.26 Å². The highest BCUT2D eigenvalue weighted by Crippen LogP contribution is 2.24. The van der Waals surface area contributed by atoms with Gasteiger partial charge in [0.15, 0.2) is 6.61 Å². The van der Waals surface area contributed by atoms with Crippen LogP contribution >= 0.6 is 0 Å². The average Bonchev–Trinajstić information content (AvgIpc) is 2.60. The zero-order valence-corrected chi connectivity index (χ0v) is 14.3. The lowest BCUT2D eigenvalue weighted by molar-refractivity contribution is -0.120. The highest BCUT2D eigenvalue weighted by molar-refractivity contribution is 6.01. The number of hydrogen-bond acceptors (Lipinski definition) is 4. The largest absolute Gasteiger partial charge is 0.484 e. The number of ether oxygens (including phenoxy) is 1. The standard InChI is InChI=1S/C19H23N3O3/c1-13-4-2-3-5-17(13)22-19(24)15(11-20)10-14-6-8-16(9-7-14)25-12-18(21)23/h6-10,13,17H,2-5,12H2,1H3,(H2,21,23)(H,22,24)/b15-10+/t13-,17-/m0/s1. The maximum absolute atomic E-state index is 12.4. The zero-order chi connectivity index (χ0) is 18.2. The molecule has 0 spiro atoms. The van der Waals surface area contributed by atoms with Crippen LogP contribution in [0.1, 0.15) is 38.2 Å². The van der Waals surface area contributed by atoms with Gasteiger partial charge in [-0.15, -0.1) is 0 Å². The van der Waals surface area contributed by atoms with E-state index in [2.05, 4.69) is 12.2 Å². The van der Waals surface area contributed by atoms with E-state index in [1.807, 2.05) is 6.07 Å². The molecule has 132 valence electrons. The van der Waals surface area contributed by atoms with Crippen molar-refractivity contribution in [3.05, 3.63) is 35.4 Å². The molecule has 0 aliphatic heterocycles. The number of carbonyl (C=O) groups excluding carboxylic acids is 2. The van der Waals surface area contributed by atoms with Crippen LogP contribution in [0.15, 0.2) is 29.8 Å². The summed E-state index contributed by atoms with van der Waals surface area (Å²) in [6.45, 7) is 1.94. The van der Waals surface area contributed by atoms with E-state index in [0.29, 0.717) is 17.2 Å².